The Hall–Kier alpha value is -2.54. The molecule has 1 N–H and O–H groups in total. The number of thioether (sulfide) groups is 1. The quantitative estimate of drug-likeness (QED) is 0.788. The van der Waals surface area contributed by atoms with Gasteiger partial charge in [-0.3, -0.25) is 14.6 Å². The summed E-state index contributed by atoms with van der Waals surface area (Å²) in [6, 6.07) is 11.0. The second kappa shape index (κ2) is 9.41. The summed E-state index contributed by atoms with van der Waals surface area (Å²) in [6.45, 7) is 1.01. The highest BCUT2D eigenvalue weighted by atomic mass is 32.2. The minimum atomic E-state index is -0.869. The van der Waals surface area contributed by atoms with Crippen molar-refractivity contribution in [2.24, 2.45) is 0 Å². The Morgan fingerprint density at radius 3 is 2.89 bits per heavy atom. The van der Waals surface area contributed by atoms with E-state index in [0.717, 1.165) is 16.9 Å². The van der Waals surface area contributed by atoms with Crippen LogP contribution in [-0.2, 0) is 22.6 Å². The molecule has 2 heterocycles. The second-order valence-electron chi connectivity index (χ2n) is 6.39. The fourth-order valence-electron chi connectivity index (χ4n) is 3.03. The number of amides is 1. The summed E-state index contributed by atoms with van der Waals surface area (Å²) in [4.78, 5) is 29.6. The molecule has 0 bridgehead atoms. The van der Waals surface area contributed by atoms with Crippen molar-refractivity contribution >= 4 is 23.6 Å². The Labute approximate surface area is 162 Å². The molecule has 1 aliphatic rings. The molecule has 0 aliphatic carbocycles. The van der Waals surface area contributed by atoms with Gasteiger partial charge in [0.25, 0.3) is 0 Å². The summed E-state index contributed by atoms with van der Waals surface area (Å²) in [5.74, 6) is 1.31. The van der Waals surface area contributed by atoms with Crippen molar-refractivity contribution in [3.8, 4) is 5.75 Å². The number of ether oxygens (including phenoxy) is 1. The third-order valence-corrected chi connectivity index (χ3v) is 5.43. The van der Waals surface area contributed by atoms with E-state index in [0.29, 0.717) is 24.7 Å². The van der Waals surface area contributed by atoms with Crippen molar-refractivity contribution in [2.75, 3.05) is 18.1 Å². The number of nitrogens with zero attached hydrogens (tertiary/aromatic N) is 2. The first-order chi connectivity index (χ1) is 13.1. The summed E-state index contributed by atoms with van der Waals surface area (Å²) >= 11 is 1.70. The van der Waals surface area contributed by atoms with E-state index in [-0.39, 0.29) is 24.8 Å². The molecule has 1 aromatic heterocycles. The molecule has 3 rings (SSSR count). The first-order valence-corrected chi connectivity index (χ1v) is 9.97. The summed E-state index contributed by atoms with van der Waals surface area (Å²) in [5.41, 5.74) is 1.83. The van der Waals surface area contributed by atoms with Gasteiger partial charge in [-0.1, -0.05) is 18.2 Å². The van der Waals surface area contributed by atoms with Crippen LogP contribution < -0.4 is 4.74 Å². The standard InChI is InChI=1S/C20H22N2O4S/c23-19(22-7-8-27-14-17(22)11-20(24)25)10-15-3-1-5-18(9-15)26-13-16-4-2-6-21-12-16/h1-6,9,12,17H,7-8,10-11,13-14H2,(H,24,25). The van der Waals surface area contributed by atoms with Gasteiger partial charge in [-0.05, 0) is 23.8 Å². The van der Waals surface area contributed by atoms with Gasteiger partial charge in [-0.15, -0.1) is 0 Å². The molecule has 0 radical (unpaired) electrons. The molecule has 1 fully saturated rings. The number of aromatic nitrogens is 1. The van der Waals surface area contributed by atoms with Gasteiger partial charge in [0.05, 0.1) is 18.9 Å². The Morgan fingerprint density at radius 1 is 1.26 bits per heavy atom. The number of hydrogen-bond acceptors (Lipinski definition) is 5. The third-order valence-electron chi connectivity index (χ3n) is 4.34. The lowest BCUT2D eigenvalue weighted by Crippen LogP contribution is -2.47. The van der Waals surface area contributed by atoms with E-state index in [4.69, 9.17) is 9.84 Å². The topological polar surface area (TPSA) is 79.7 Å². The van der Waals surface area contributed by atoms with E-state index in [2.05, 4.69) is 4.98 Å². The van der Waals surface area contributed by atoms with Gasteiger partial charge in [0, 0.05) is 36.0 Å². The Balaban J connectivity index is 1.61. The molecule has 2 aromatic rings. The van der Waals surface area contributed by atoms with Crippen LogP contribution in [0.3, 0.4) is 0 Å². The minimum absolute atomic E-state index is 0.00694. The minimum Gasteiger partial charge on any atom is -0.489 e. The van der Waals surface area contributed by atoms with E-state index in [1.54, 1.807) is 29.1 Å². The summed E-state index contributed by atoms with van der Waals surface area (Å²) in [6.07, 6.45) is 3.70. The van der Waals surface area contributed by atoms with Crippen LogP contribution >= 0.6 is 11.8 Å². The van der Waals surface area contributed by atoms with E-state index >= 15 is 0 Å². The van der Waals surface area contributed by atoms with Crippen molar-refractivity contribution in [3.05, 3.63) is 59.9 Å². The molecule has 1 aromatic carbocycles. The second-order valence-corrected chi connectivity index (χ2v) is 7.54. The van der Waals surface area contributed by atoms with Crippen LogP contribution in [-0.4, -0.2) is 51.0 Å². The molecule has 142 valence electrons. The Bertz CT molecular complexity index is 785. The van der Waals surface area contributed by atoms with Crippen LogP contribution in [0.2, 0.25) is 0 Å². The van der Waals surface area contributed by atoms with Crippen molar-refractivity contribution in [2.45, 2.75) is 25.5 Å². The molecule has 1 saturated heterocycles. The lowest BCUT2D eigenvalue weighted by molar-refractivity contribution is -0.140. The zero-order valence-electron chi connectivity index (χ0n) is 14.9. The fourth-order valence-corrected chi connectivity index (χ4v) is 4.09. The van der Waals surface area contributed by atoms with Crippen LogP contribution in [0.4, 0.5) is 0 Å². The predicted molar refractivity (Wildman–Crippen MR) is 104 cm³/mol. The van der Waals surface area contributed by atoms with Crippen LogP contribution in [0.15, 0.2) is 48.8 Å². The predicted octanol–water partition coefficient (Wildman–Crippen LogP) is 2.62. The Morgan fingerprint density at radius 2 is 2.11 bits per heavy atom. The number of carboxylic acids is 1. The number of aliphatic carboxylic acids is 1. The van der Waals surface area contributed by atoms with Crippen molar-refractivity contribution in [3.63, 3.8) is 0 Å². The van der Waals surface area contributed by atoms with Gasteiger partial charge >= 0.3 is 5.97 Å². The highest BCUT2D eigenvalue weighted by Crippen LogP contribution is 2.21. The average Bonchev–Trinajstić information content (AvgIpc) is 2.67. The monoisotopic (exact) mass is 386 g/mol. The number of pyridine rings is 1. The number of carbonyl (C=O) groups excluding carboxylic acids is 1. The van der Waals surface area contributed by atoms with Crippen LogP contribution in [0.1, 0.15) is 17.5 Å². The first kappa shape index (κ1) is 19.2. The van der Waals surface area contributed by atoms with Gasteiger partial charge in [0.1, 0.15) is 12.4 Å². The Kier molecular flexibility index (Phi) is 6.70. The van der Waals surface area contributed by atoms with Gasteiger partial charge < -0.3 is 14.7 Å². The smallest absolute Gasteiger partial charge is 0.305 e. The van der Waals surface area contributed by atoms with Gasteiger partial charge in [0.2, 0.25) is 5.91 Å². The van der Waals surface area contributed by atoms with Gasteiger partial charge in [-0.2, -0.15) is 11.8 Å². The van der Waals surface area contributed by atoms with E-state index in [1.165, 1.54) is 0 Å². The number of carbonyl (C=O) groups is 2. The highest BCUT2D eigenvalue weighted by molar-refractivity contribution is 7.99. The van der Waals surface area contributed by atoms with E-state index in [9.17, 15) is 9.59 Å². The van der Waals surface area contributed by atoms with Gasteiger partial charge in [0.15, 0.2) is 0 Å². The molecule has 7 heteroatoms. The SMILES string of the molecule is O=C(O)CC1CSCCN1C(=O)Cc1cccc(OCc2cccnc2)c1. The molecular formula is C20H22N2O4S. The largest absolute Gasteiger partial charge is 0.489 e. The number of hydrogen-bond donors (Lipinski definition) is 1. The van der Waals surface area contributed by atoms with E-state index < -0.39 is 5.97 Å². The fraction of sp³-hybridized carbons (Fsp3) is 0.350. The maximum Gasteiger partial charge on any atom is 0.305 e. The van der Waals surface area contributed by atoms with Crippen molar-refractivity contribution < 1.29 is 19.4 Å². The number of benzene rings is 1. The maximum atomic E-state index is 12.7. The molecule has 0 saturated carbocycles. The lowest BCUT2D eigenvalue weighted by Gasteiger charge is -2.34. The number of carboxylic acid groups (broad SMARTS) is 1. The normalized spacial score (nSPS) is 16.7. The summed E-state index contributed by atoms with van der Waals surface area (Å²) in [5, 5.41) is 9.08. The molecule has 1 amide bonds. The average molecular weight is 386 g/mol. The summed E-state index contributed by atoms with van der Waals surface area (Å²) in [7, 11) is 0. The highest BCUT2D eigenvalue weighted by Gasteiger charge is 2.28. The molecule has 1 unspecified atom stereocenters. The van der Waals surface area contributed by atoms with Crippen LogP contribution in [0.25, 0.3) is 0 Å². The molecule has 1 aliphatic heterocycles. The first-order valence-electron chi connectivity index (χ1n) is 8.81. The van der Waals surface area contributed by atoms with Crippen molar-refractivity contribution in [1.29, 1.82) is 0 Å². The van der Waals surface area contributed by atoms with Crippen molar-refractivity contribution in [1.82, 2.24) is 9.88 Å². The third kappa shape index (κ3) is 5.72. The van der Waals surface area contributed by atoms with Crippen LogP contribution in [0.5, 0.6) is 5.75 Å². The molecule has 6 nitrogen and oxygen atoms in total. The maximum absolute atomic E-state index is 12.7. The van der Waals surface area contributed by atoms with Crippen LogP contribution in [0, 0.1) is 0 Å². The zero-order chi connectivity index (χ0) is 19.1. The van der Waals surface area contributed by atoms with Gasteiger partial charge in [-0.25, -0.2) is 0 Å². The molecule has 27 heavy (non-hydrogen) atoms. The van der Waals surface area contributed by atoms with E-state index in [1.807, 2.05) is 36.4 Å². The number of rotatable bonds is 7. The summed E-state index contributed by atoms with van der Waals surface area (Å²) < 4.78 is 5.79. The molecule has 1 atom stereocenters. The molecule has 0 spiro atoms. The zero-order valence-corrected chi connectivity index (χ0v) is 15.7. The molecular weight excluding hydrogens is 364 g/mol. The lowest BCUT2D eigenvalue weighted by atomic mass is 10.1.